The SMILES string of the molecule is CCCCC(CN)NC(=O)c1ccnc(N2CCN(C)CC2)c1.Cl.Cl. The molecule has 1 saturated heterocycles. The van der Waals surface area contributed by atoms with Crippen molar-refractivity contribution in [1.29, 1.82) is 0 Å². The summed E-state index contributed by atoms with van der Waals surface area (Å²) >= 11 is 0. The zero-order valence-corrected chi connectivity index (χ0v) is 16.7. The van der Waals surface area contributed by atoms with E-state index in [1.165, 1.54) is 0 Å². The lowest BCUT2D eigenvalue weighted by molar-refractivity contribution is 0.0935. The lowest BCUT2D eigenvalue weighted by Crippen LogP contribution is -2.45. The van der Waals surface area contributed by atoms with Crippen molar-refractivity contribution in [1.82, 2.24) is 15.2 Å². The van der Waals surface area contributed by atoms with E-state index in [4.69, 9.17) is 5.73 Å². The molecule has 0 aromatic carbocycles. The summed E-state index contributed by atoms with van der Waals surface area (Å²) in [7, 11) is 2.12. The number of hydrogen-bond acceptors (Lipinski definition) is 5. The zero-order chi connectivity index (χ0) is 16.7. The molecule has 8 heteroatoms. The molecule has 6 nitrogen and oxygen atoms in total. The Kier molecular flexibility index (Phi) is 11.8. The van der Waals surface area contributed by atoms with Crippen LogP contribution in [0.25, 0.3) is 0 Å². The smallest absolute Gasteiger partial charge is 0.251 e. The second-order valence-electron chi connectivity index (χ2n) is 6.24. The number of pyridine rings is 1. The number of amides is 1. The van der Waals surface area contributed by atoms with Crippen molar-refractivity contribution in [3.63, 3.8) is 0 Å². The van der Waals surface area contributed by atoms with Crippen LogP contribution in [0.1, 0.15) is 36.5 Å². The van der Waals surface area contributed by atoms with Crippen molar-refractivity contribution in [3.8, 4) is 0 Å². The quantitative estimate of drug-likeness (QED) is 0.742. The van der Waals surface area contributed by atoms with E-state index >= 15 is 0 Å². The van der Waals surface area contributed by atoms with Gasteiger partial charge in [0.25, 0.3) is 5.91 Å². The Balaban J connectivity index is 0.00000288. The average molecular weight is 392 g/mol. The number of rotatable bonds is 7. The Bertz CT molecular complexity index is 510. The van der Waals surface area contributed by atoms with Gasteiger partial charge in [0.15, 0.2) is 0 Å². The number of carbonyl (C=O) groups is 1. The van der Waals surface area contributed by atoms with Crippen LogP contribution in [0, 0.1) is 0 Å². The van der Waals surface area contributed by atoms with Crippen LogP contribution in [-0.4, -0.2) is 61.6 Å². The fourth-order valence-electron chi connectivity index (χ4n) is 2.74. The number of halogens is 2. The van der Waals surface area contributed by atoms with Crippen LogP contribution in [0.5, 0.6) is 0 Å². The van der Waals surface area contributed by atoms with Crippen LogP contribution in [-0.2, 0) is 0 Å². The Labute approximate surface area is 163 Å². The number of piperazine rings is 1. The summed E-state index contributed by atoms with van der Waals surface area (Å²) in [4.78, 5) is 21.4. The van der Waals surface area contributed by atoms with E-state index in [-0.39, 0.29) is 36.8 Å². The van der Waals surface area contributed by atoms with E-state index in [1.807, 2.05) is 6.07 Å². The molecule has 1 amide bonds. The lowest BCUT2D eigenvalue weighted by Gasteiger charge is -2.33. The molecule has 1 fully saturated rings. The van der Waals surface area contributed by atoms with Gasteiger partial charge in [0.2, 0.25) is 0 Å². The number of carbonyl (C=O) groups excluding carboxylic acids is 1. The van der Waals surface area contributed by atoms with Crippen LogP contribution in [0.2, 0.25) is 0 Å². The van der Waals surface area contributed by atoms with Crippen molar-refractivity contribution in [2.24, 2.45) is 5.73 Å². The fourth-order valence-corrected chi connectivity index (χ4v) is 2.74. The van der Waals surface area contributed by atoms with Crippen molar-refractivity contribution >= 4 is 36.5 Å². The van der Waals surface area contributed by atoms with Gasteiger partial charge in [-0.1, -0.05) is 19.8 Å². The summed E-state index contributed by atoms with van der Waals surface area (Å²) in [6.07, 6.45) is 4.82. The molecule has 3 N–H and O–H groups in total. The van der Waals surface area contributed by atoms with E-state index in [0.29, 0.717) is 12.1 Å². The van der Waals surface area contributed by atoms with Gasteiger partial charge in [-0.05, 0) is 25.6 Å². The standard InChI is InChI=1S/C17H29N5O.2ClH/c1-3-4-5-15(13-18)20-17(23)14-6-7-19-16(12-14)22-10-8-21(2)9-11-22;;/h6-7,12,15H,3-5,8-11,13,18H2,1-2H3,(H,20,23);2*1H. The summed E-state index contributed by atoms with van der Waals surface area (Å²) in [5.41, 5.74) is 6.42. The highest BCUT2D eigenvalue weighted by molar-refractivity contribution is 5.95. The number of nitrogens with one attached hydrogen (secondary N) is 1. The maximum Gasteiger partial charge on any atom is 0.251 e. The number of nitrogens with zero attached hydrogens (tertiary/aromatic N) is 3. The molecular formula is C17H31Cl2N5O. The van der Waals surface area contributed by atoms with E-state index in [0.717, 1.165) is 51.3 Å². The van der Waals surface area contributed by atoms with Crippen LogP contribution >= 0.6 is 24.8 Å². The third-order valence-electron chi connectivity index (χ3n) is 4.36. The number of unbranched alkanes of at least 4 members (excludes halogenated alkanes) is 1. The minimum Gasteiger partial charge on any atom is -0.354 e. The third kappa shape index (κ3) is 7.36. The number of aromatic nitrogens is 1. The van der Waals surface area contributed by atoms with Gasteiger partial charge in [-0.3, -0.25) is 4.79 Å². The van der Waals surface area contributed by atoms with E-state index in [9.17, 15) is 4.79 Å². The molecule has 2 heterocycles. The molecule has 0 bridgehead atoms. The molecule has 1 aliphatic heterocycles. The zero-order valence-electron chi connectivity index (χ0n) is 15.1. The second kappa shape index (κ2) is 12.3. The molecular weight excluding hydrogens is 361 g/mol. The van der Waals surface area contributed by atoms with Crippen LogP contribution in [0.3, 0.4) is 0 Å². The van der Waals surface area contributed by atoms with E-state index < -0.39 is 0 Å². The van der Waals surface area contributed by atoms with Gasteiger partial charge in [-0.2, -0.15) is 0 Å². The molecule has 25 heavy (non-hydrogen) atoms. The van der Waals surface area contributed by atoms with Crippen LogP contribution < -0.4 is 16.0 Å². The van der Waals surface area contributed by atoms with Crippen LogP contribution in [0.15, 0.2) is 18.3 Å². The van der Waals surface area contributed by atoms with Gasteiger partial charge in [-0.15, -0.1) is 24.8 Å². The molecule has 0 saturated carbocycles. The maximum absolute atomic E-state index is 12.4. The van der Waals surface area contributed by atoms with Gasteiger partial charge in [0.05, 0.1) is 0 Å². The molecule has 1 aromatic heterocycles. The molecule has 1 aromatic rings. The van der Waals surface area contributed by atoms with Crippen LogP contribution in [0.4, 0.5) is 5.82 Å². The summed E-state index contributed by atoms with van der Waals surface area (Å²) in [6.45, 7) is 6.53. The number of likely N-dealkylation sites (N-methyl/N-ethyl adjacent to an activating group) is 1. The first-order chi connectivity index (χ1) is 11.1. The topological polar surface area (TPSA) is 74.5 Å². The van der Waals surface area contributed by atoms with Gasteiger partial charge in [0.1, 0.15) is 5.82 Å². The molecule has 0 radical (unpaired) electrons. The van der Waals surface area contributed by atoms with E-state index in [1.54, 1.807) is 12.3 Å². The summed E-state index contributed by atoms with van der Waals surface area (Å²) in [5, 5.41) is 3.04. The Morgan fingerprint density at radius 1 is 1.32 bits per heavy atom. The molecule has 2 rings (SSSR count). The number of hydrogen-bond donors (Lipinski definition) is 2. The number of nitrogens with two attached hydrogens (primary N) is 1. The van der Waals surface area contributed by atoms with Gasteiger partial charge in [-0.25, -0.2) is 4.98 Å². The minimum absolute atomic E-state index is 0. The summed E-state index contributed by atoms with van der Waals surface area (Å²) in [5.74, 6) is 0.818. The minimum atomic E-state index is -0.0608. The van der Waals surface area contributed by atoms with Crippen molar-refractivity contribution in [2.75, 3.05) is 44.7 Å². The molecule has 0 spiro atoms. The van der Waals surface area contributed by atoms with Gasteiger partial charge >= 0.3 is 0 Å². The first-order valence-electron chi connectivity index (χ1n) is 8.54. The first kappa shape index (κ1) is 23.9. The van der Waals surface area contributed by atoms with E-state index in [2.05, 4.69) is 34.1 Å². The lowest BCUT2D eigenvalue weighted by atomic mass is 10.1. The molecule has 1 aliphatic rings. The Morgan fingerprint density at radius 3 is 2.60 bits per heavy atom. The normalized spacial score (nSPS) is 15.7. The molecule has 144 valence electrons. The first-order valence-corrected chi connectivity index (χ1v) is 8.54. The third-order valence-corrected chi connectivity index (χ3v) is 4.36. The fraction of sp³-hybridized carbons (Fsp3) is 0.647. The molecule has 0 aliphatic carbocycles. The predicted octanol–water partition coefficient (Wildman–Crippen LogP) is 1.92. The highest BCUT2D eigenvalue weighted by Gasteiger charge is 2.17. The summed E-state index contributed by atoms with van der Waals surface area (Å²) < 4.78 is 0. The summed E-state index contributed by atoms with van der Waals surface area (Å²) in [6, 6.07) is 3.69. The maximum atomic E-state index is 12.4. The number of anilines is 1. The Hall–Kier alpha value is -1.08. The highest BCUT2D eigenvalue weighted by atomic mass is 35.5. The largest absolute Gasteiger partial charge is 0.354 e. The monoisotopic (exact) mass is 391 g/mol. The Morgan fingerprint density at radius 2 is 2.00 bits per heavy atom. The average Bonchev–Trinajstić information content (AvgIpc) is 2.59. The predicted molar refractivity (Wildman–Crippen MR) is 108 cm³/mol. The van der Waals surface area contributed by atoms with Crippen molar-refractivity contribution in [3.05, 3.63) is 23.9 Å². The van der Waals surface area contributed by atoms with Gasteiger partial charge in [0, 0.05) is 50.5 Å². The van der Waals surface area contributed by atoms with Crippen molar-refractivity contribution < 1.29 is 4.79 Å². The molecule has 1 unspecified atom stereocenters. The molecule has 1 atom stereocenters. The van der Waals surface area contributed by atoms with Crippen molar-refractivity contribution in [2.45, 2.75) is 32.2 Å². The van der Waals surface area contributed by atoms with Gasteiger partial charge < -0.3 is 20.9 Å². The second-order valence-corrected chi connectivity index (χ2v) is 6.24. The highest BCUT2D eigenvalue weighted by Crippen LogP contribution is 2.15.